The average Bonchev–Trinajstić information content (AvgIpc) is 3.20. The van der Waals surface area contributed by atoms with Crippen LogP contribution in [0.1, 0.15) is 38.3 Å². The molecule has 0 saturated carbocycles. The molecule has 33 heavy (non-hydrogen) atoms. The quantitative estimate of drug-likeness (QED) is 0.598. The molecular formula is C22H27ClF3N5O2. The van der Waals surface area contributed by atoms with Crippen LogP contribution in [0.3, 0.4) is 0 Å². The van der Waals surface area contributed by atoms with E-state index in [4.69, 9.17) is 16.3 Å². The Morgan fingerprint density at radius 1 is 1.36 bits per heavy atom. The number of carbonyl (C=O) groups excluding carboxylic acids is 1. The fourth-order valence-corrected chi connectivity index (χ4v) is 3.79. The number of ether oxygens (including phenoxy) is 1. The Balaban J connectivity index is 1.61. The summed E-state index contributed by atoms with van der Waals surface area (Å²) in [5.41, 5.74) is 0.973. The van der Waals surface area contributed by atoms with Crippen molar-refractivity contribution in [2.45, 2.75) is 45.0 Å². The molecule has 1 fully saturated rings. The van der Waals surface area contributed by atoms with Crippen molar-refractivity contribution in [2.75, 3.05) is 36.5 Å². The average molecular weight is 486 g/mol. The van der Waals surface area contributed by atoms with E-state index in [1.807, 2.05) is 36.1 Å². The lowest BCUT2D eigenvalue weighted by molar-refractivity contribution is -0.132. The zero-order chi connectivity index (χ0) is 24.2. The van der Waals surface area contributed by atoms with Gasteiger partial charge in [0.2, 0.25) is 11.9 Å². The normalized spacial score (nSPS) is 17.1. The van der Waals surface area contributed by atoms with E-state index in [9.17, 15) is 18.0 Å². The van der Waals surface area contributed by atoms with Gasteiger partial charge in [-0.25, -0.2) is 4.98 Å². The first-order valence-electron chi connectivity index (χ1n) is 10.6. The molecule has 0 unspecified atom stereocenters. The van der Waals surface area contributed by atoms with Gasteiger partial charge in [0.15, 0.2) is 5.82 Å². The predicted molar refractivity (Wildman–Crippen MR) is 121 cm³/mol. The summed E-state index contributed by atoms with van der Waals surface area (Å²) < 4.78 is 43.7. The number of alkyl halides is 3. The van der Waals surface area contributed by atoms with Crippen molar-refractivity contribution in [2.24, 2.45) is 0 Å². The van der Waals surface area contributed by atoms with Crippen LogP contribution in [-0.4, -0.2) is 54.8 Å². The molecule has 11 heteroatoms. The van der Waals surface area contributed by atoms with Gasteiger partial charge in [0.25, 0.3) is 0 Å². The number of hydrogen-bond acceptors (Lipinski definition) is 6. The zero-order valence-corrected chi connectivity index (χ0v) is 19.5. The standard InChI is InChI=1S/C22H27ClF3N5O2/c1-14(28-15(2)32)16-4-6-17(7-5-16)33-18-8-10-31(13-18)20-19(23)12-27-21(29-20)30(3)11-9-22(24,25)26/h4-7,12,14,18H,8-11,13H2,1-3H3,(H,28,32)/t14-,18+/m0/s1. The van der Waals surface area contributed by atoms with Crippen molar-refractivity contribution < 1.29 is 22.7 Å². The van der Waals surface area contributed by atoms with Crippen LogP contribution in [0.2, 0.25) is 5.02 Å². The molecule has 1 aliphatic heterocycles. The van der Waals surface area contributed by atoms with Crippen LogP contribution >= 0.6 is 11.6 Å². The summed E-state index contributed by atoms with van der Waals surface area (Å²) in [5.74, 6) is 1.28. The van der Waals surface area contributed by atoms with Crippen LogP contribution in [0.25, 0.3) is 0 Å². The number of anilines is 2. The van der Waals surface area contributed by atoms with E-state index in [0.717, 1.165) is 12.0 Å². The summed E-state index contributed by atoms with van der Waals surface area (Å²) in [6.07, 6.45) is -3.15. The van der Waals surface area contributed by atoms with Crippen LogP contribution in [-0.2, 0) is 4.79 Å². The second kappa shape index (κ2) is 10.5. The Kier molecular flexibility index (Phi) is 7.88. The Hall–Kier alpha value is -2.75. The molecule has 7 nitrogen and oxygen atoms in total. The van der Waals surface area contributed by atoms with E-state index in [-0.39, 0.29) is 30.5 Å². The van der Waals surface area contributed by atoms with Gasteiger partial charge in [-0.15, -0.1) is 0 Å². The van der Waals surface area contributed by atoms with Gasteiger partial charge < -0.3 is 19.9 Å². The number of halogens is 4. The second-order valence-corrected chi connectivity index (χ2v) is 8.50. The Bertz CT molecular complexity index is 958. The van der Waals surface area contributed by atoms with Crippen LogP contribution < -0.4 is 19.9 Å². The van der Waals surface area contributed by atoms with Crippen molar-refractivity contribution in [3.63, 3.8) is 0 Å². The fraction of sp³-hybridized carbons (Fsp3) is 0.500. The first-order chi connectivity index (χ1) is 15.5. The lowest BCUT2D eigenvalue weighted by Crippen LogP contribution is -2.28. The molecule has 1 aliphatic rings. The molecule has 2 atom stereocenters. The highest BCUT2D eigenvalue weighted by Gasteiger charge is 2.29. The number of amides is 1. The molecule has 3 rings (SSSR count). The molecule has 0 aliphatic carbocycles. The maximum atomic E-state index is 12.5. The third-order valence-electron chi connectivity index (χ3n) is 5.33. The zero-order valence-electron chi connectivity index (χ0n) is 18.7. The molecule has 180 valence electrons. The van der Waals surface area contributed by atoms with Gasteiger partial charge in [0, 0.05) is 33.5 Å². The number of benzene rings is 1. The minimum absolute atomic E-state index is 0.0908. The van der Waals surface area contributed by atoms with E-state index in [1.165, 1.54) is 25.1 Å². The van der Waals surface area contributed by atoms with Gasteiger partial charge in [-0.2, -0.15) is 18.2 Å². The van der Waals surface area contributed by atoms with E-state index in [1.54, 1.807) is 0 Å². The number of nitrogens with one attached hydrogen (secondary N) is 1. The minimum Gasteiger partial charge on any atom is -0.489 e. The number of hydrogen-bond donors (Lipinski definition) is 1. The summed E-state index contributed by atoms with van der Waals surface area (Å²) >= 11 is 6.29. The van der Waals surface area contributed by atoms with Gasteiger partial charge in [-0.3, -0.25) is 4.79 Å². The Labute approximate surface area is 195 Å². The lowest BCUT2D eigenvalue weighted by Gasteiger charge is -2.22. The topological polar surface area (TPSA) is 70.6 Å². The Morgan fingerprint density at radius 2 is 2.06 bits per heavy atom. The minimum atomic E-state index is -4.25. The van der Waals surface area contributed by atoms with Gasteiger partial charge in [0.1, 0.15) is 16.9 Å². The molecule has 2 aromatic rings. The maximum absolute atomic E-state index is 12.5. The summed E-state index contributed by atoms with van der Waals surface area (Å²) in [7, 11) is 1.52. The van der Waals surface area contributed by atoms with E-state index in [0.29, 0.717) is 29.7 Å². The molecule has 0 radical (unpaired) electrons. The van der Waals surface area contributed by atoms with E-state index >= 15 is 0 Å². The van der Waals surface area contributed by atoms with Gasteiger partial charge in [-0.1, -0.05) is 23.7 Å². The number of nitrogens with zero attached hydrogens (tertiary/aromatic N) is 4. The second-order valence-electron chi connectivity index (χ2n) is 8.09. The predicted octanol–water partition coefficient (Wildman–Crippen LogP) is 4.37. The molecule has 0 spiro atoms. The first kappa shape index (κ1) is 24.9. The number of carbonyl (C=O) groups is 1. The van der Waals surface area contributed by atoms with Crippen LogP contribution in [0.5, 0.6) is 5.75 Å². The molecule has 1 aromatic heterocycles. The Morgan fingerprint density at radius 3 is 2.70 bits per heavy atom. The molecule has 1 amide bonds. The van der Waals surface area contributed by atoms with Gasteiger partial charge in [0.05, 0.1) is 25.2 Å². The highest BCUT2D eigenvalue weighted by atomic mass is 35.5. The van der Waals surface area contributed by atoms with Crippen LogP contribution in [0, 0.1) is 0 Å². The van der Waals surface area contributed by atoms with Crippen molar-refractivity contribution in [1.82, 2.24) is 15.3 Å². The molecule has 0 bridgehead atoms. The fourth-order valence-electron chi connectivity index (χ4n) is 3.58. The third-order valence-corrected chi connectivity index (χ3v) is 5.60. The summed E-state index contributed by atoms with van der Waals surface area (Å²) in [6, 6.07) is 7.45. The van der Waals surface area contributed by atoms with Crippen molar-refractivity contribution in [1.29, 1.82) is 0 Å². The third kappa shape index (κ3) is 7.12. The van der Waals surface area contributed by atoms with Crippen molar-refractivity contribution in [3.05, 3.63) is 41.0 Å². The number of rotatable bonds is 8. The molecular weight excluding hydrogens is 459 g/mol. The SMILES string of the molecule is CC(=O)N[C@@H](C)c1ccc(O[C@@H]2CCN(c3nc(N(C)CCC(F)(F)F)ncc3Cl)C2)cc1. The molecule has 1 saturated heterocycles. The monoisotopic (exact) mass is 485 g/mol. The molecule has 2 heterocycles. The summed E-state index contributed by atoms with van der Waals surface area (Å²) in [6.45, 7) is 4.32. The van der Waals surface area contributed by atoms with Crippen molar-refractivity contribution >= 4 is 29.3 Å². The number of aromatic nitrogens is 2. The largest absolute Gasteiger partial charge is 0.489 e. The van der Waals surface area contributed by atoms with E-state index < -0.39 is 12.6 Å². The highest BCUT2D eigenvalue weighted by molar-refractivity contribution is 6.32. The molecule has 1 aromatic carbocycles. The van der Waals surface area contributed by atoms with Gasteiger partial charge >= 0.3 is 6.18 Å². The van der Waals surface area contributed by atoms with E-state index in [2.05, 4.69) is 15.3 Å². The van der Waals surface area contributed by atoms with Crippen LogP contribution in [0.4, 0.5) is 24.9 Å². The maximum Gasteiger partial charge on any atom is 0.390 e. The lowest BCUT2D eigenvalue weighted by atomic mass is 10.1. The van der Waals surface area contributed by atoms with Crippen LogP contribution in [0.15, 0.2) is 30.5 Å². The smallest absolute Gasteiger partial charge is 0.390 e. The summed E-state index contributed by atoms with van der Waals surface area (Å²) in [4.78, 5) is 23.0. The first-order valence-corrected chi connectivity index (χ1v) is 11.0. The van der Waals surface area contributed by atoms with Crippen molar-refractivity contribution in [3.8, 4) is 5.75 Å². The highest BCUT2D eigenvalue weighted by Crippen LogP contribution is 2.30. The van der Waals surface area contributed by atoms with Gasteiger partial charge in [-0.05, 0) is 24.6 Å². The molecule has 1 N–H and O–H groups in total. The summed E-state index contributed by atoms with van der Waals surface area (Å²) in [5, 5.41) is 3.17.